The van der Waals surface area contributed by atoms with Crippen molar-refractivity contribution >= 4 is 33.4 Å². The predicted molar refractivity (Wildman–Crippen MR) is 98.9 cm³/mol. The molecule has 0 unspecified atom stereocenters. The quantitative estimate of drug-likeness (QED) is 0.586. The van der Waals surface area contributed by atoms with E-state index in [1.807, 2.05) is 5.38 Å². The van der Waals surface area contributed by atoms with Gasteiger partial charge >= 0.3 is 0 Å². The zero-order valence-corrected chi connectivity index (χ0v) is 14.5. The van der Waals surface area contributed by atoms with E-state index in [1.165, 1.54) is 16.9 Å². The van der Waals surface area contributed by atoms with Gasteiger partial charge in [-0.3, -0.25) is 10.1 Å². The highest BCUT2D eigenvalue weighted by Crippen LogP contribution is 2.28. The second kappa shape index (κ2) is 6.10. The number of fused-ring (bicyclic) bond motifs is 1. The summed E-state index contributed by atoms with van der Waals surface area (Å²) >= 11 is 1.41. The van der Waals surface area contributed by atoms with Gasteiger partial charge in [0.25, 0.3) is 5.91 Å². The lowest BCUT2D eigenvalue weighted by atomic mass is 10.0. The van der Waals surface area contributed by atoms with Gasteiger partial charge in [0.2, 0.25) is 0 Å². The number of anilines is 1. The van der Waals surface area contributed by atoms with Crippen molar-refractivity contribution in [3.63, 3.8) is 0 Å². The van der Waals surface area contributed by atoms with Crippen LogP contribution in [0.4, 0.5) is 5.13 Å². The topological polar surface area (TPSA) is 83.6 Å². The maximum Gasteiger partial charge on any atom is 0.257 e. The van der Waals surface area contributed by atoms with E-state index < -0.39 is 0 Å². The molecule has 6 nitrogen and oxygen atoms in total. The minimum Gasteiger partial charge on any atom is -0.298 e. The van der Waals surface area contributed by atoms with Crippen molar-refractivity contribution in [1.82, 2.24) is 20.4 Å². The van der Waals surface area contributed by atoms with E-state index in [0.717, 1.165) is 22.3 Å². The summed E-state index contributed by atoms with van der Waals surface area (Å²) in [7, 11) is 0. The second-order valence-electron chi connectivity index (χ2n) is 5.84. The number of thiazole rings is 1. The van der Waals surface area contributed by atoms with Crippen molar-refractivity contribution in [2.24, 2.45) is 0 Å². The summed E-state index contributed by atoms with van der Waals surface area (Å²) in [4.78, 5) is 17.0. The third-order valence-corrected chi connectivity index (χ3v) is 4.73. The molecule has 2 aromatic carbocycles. The van der Waals surface area contributed by atoms with E-state index in [4.69, 9.17) is 0 Å². The molecule has 0 bridgehead atoms. The fourth-order valence-corrected chi connectivity index (χ4v) is 3.32. The number of aryl methyl sites for hydroxylation is 2. The molecule has 0 spiro atoms. The van der Waals surface area contributed by atoms with Gasteiger partial charge in [0.1, 0.15) is 11.0 Å². The maximum absolute atomic E-state index is 12.4. The molecule has 0 fully saturated rings. The number of H-pyrrole nitrogens is 1. The monoisotopic (exact) mass is 349 g/mol. The number of carbonyl (C=O) groups excluding carboxylic acids is 1. The molecule has 124 valence electrons. The molecule has 0 saturated heterocycles. The molecule has 0 aliphatic rings. The molecule has 0 atom stereocenters. The van der Waals surface area contributed by atoms with Crippen LogP contribution in [0.25, 0.3) is 22.3 Å². The van der Waals surface area contributed by atoms with Crippen LogP contribution >= 0.6 is 11.3 Å². The second-order valence-corrected chi connectivity index (χ2v) is 6.70. The first kappa shape index (κ1) is 15.5. The van der Waals surface area contributed by atoms with E-state index in [2.05, 4.69) is 57.8 Å². The predicted octanol–water partition coefficient (Wildman–Crippen LogP) is 3.95. The highest BCUT2D eigenvalue weighted by Gasteiger charge is 2.12. The Hall–Kier alpha value is -3.06. The van der Waals surface area contributed by atoms with Gasteiger partial charge in [0.05, 0.1) is 5.69 Å². The number of hydrogen-bond acceptors (Lipinski definition) is 5. The summed E-state index contributed by atoms with van der Waals surface area (Å²) in [6.45, 7) is 4.11. The number of rotatable bonds is 3. The minimum absolute atomic E-state index is 0.216. The van der Waals surface area contributed by atoms with Gasteiger partial charge in [-0.2, -0.15) is 15.4 Å². The molecule has 7 heteroatoms. The molecule has 1 amide bonds. The molecule has 2 heterocycles. The first-order valence-electron chi connectivity index (χ1n) is 7.75. The van der Waals surface area contributed by atoms with Crippen LogP contribution in [0.15, 0.2) is 41.8 Å². The van der Waals surface area contributed by atoms with Crippen molar-refractivity contribution in [3.8, 4) is 11.3 Å². The Morgan fingerprint density at radius 1 is 1.08 bits per heavy atom. The standard InChI is InChI=1S/C18H15N5OS/c1-10-3-4-11(2)13(7-10)16-9-25-18(19-16)20-17(24)12-5-6-14-15(8-12)22-23-21-14/h3-9H,1-2H3,(H,19,20,24)(H,21,22,23). The Balaban J connectivity index is 1.58. The molecule has 0 aliphatic carbocycles. The fraction of sp³-hybridized carbons (Fsp3) is 0.111. The van der Waals surface area contributed by atoms with Gasteiger partial charge in [-0.15, -0.1) is 11.3 Å². The van der Waals surface area contributed by atoms with Crippen molar-refractivity contribution in [3.05, 3.63) is 58.5 Å². The van der Waals surface area contributed by atoms with Crippen LogP contribution in [0, 0.1) is 13.8 Å². The van der Waals surface area contributed by atoms with Gasteiger partial charge in [-0.1, -0.05) is 17.7 Å². The van der Waals surface area contributed by atoms with Crippen LogP contribution in [0.2, 0.25) is 0 Å². The Kier molecular flexibility index (Phi) is 3.77. The number of nitrogens with one attached hydrogen (secondary N) is 2. The van der Waals surface area contributed by atoms with Crippen molar-refractivity contribution < 1.29 is 4.79 Å². The smallest absolute Gasteiger partial charge is 0.257 e. The first-order chi connectivity index (χ1) is 12.1. The van der Waals surface area contributed by atoms with E-state index in [1.54, 1.807) is 18.2 Å². The zero-order valence-electron chi connectivity index (χ0n) is 13.7. The van der Waals surface area contributed by atoms with E-state index in [0.29, 0.717) is 16.2 Å². The summed E-state index contributed by atoms with van der Waals surface area (Å²) in [5, 5.41) is 15.9. The Morgan fingerprint density at radius 3 is 2.80 bits per heavy atom. The molecule has 0 radical (unpaired) electrons. The highest BCUT2D eigenvalue weighted by molar-refractivity contribution is 7.14. The third kappa shape index (κ3) is 3.01. The van der Waals surface area contributed by atoms with Crippen LogP contribution in [-0.4, -0.2) is 26.3 Å². The van der Waals surface area contributed by atoms with E-state index >= 15 is 0 Å². The summed E-state index contributed by atoms with van der Waals surface area (Å²) < 4.78 is 0. The SMILES string of the molecule is Cc1ccc(C)c(-c2csc(NC(=O)c3ccc4n[nH]nc4c3)n2)c1. The summed E-state index contributed by atoms with van der Waals surface area (Å²) in [6, 6.07) is 11.4. The fourth-order valence-electron chi connectivity index (χ4n) is 2.62. The average Bonchev–Trinajstić information content (AvgIpc) is 3.25. The normalized spacial score (nSPS) is 11.0. The highest BCUT2D eigenvalue weighted by atomic mass is 32.1. The zero-order chi connectivity index (χ0) is 17.4. The van der Waals surface area contributed by atoms with E-state index in [-0.39, 0.29) is 5.91 Å². The van der Waals surface area contributed by atoms with Crippen LogP contribution < -0.4 is 5.32 Å². The Bertz CT molecular complexity index is 1080. The minimum atomic E-state index is -0.216. The lowest BCUT2D eigenvalue weighted by molar-refractivity contribution is 0.102. The molecule has 2 N–H and O–H groups in total. The number of carbonyl (C=O) groups is 1. The Labute approximate surface area is 147 Å². The van der Waals surface area contributed by atoms with Gasteiger partial charge in [-0.05, 0) is 43.7 Å². The van der Waals surface area contributed by atoms with Gasteiger partial charge in [-0.25, -0.2) is 4.98 Å². The summed E-state index contributed by atoms with van der Waals surface area (Å²) in [6.07, 6.45) is 0. The molecule has 2 aromatic heterocycles. The Morgan fingerprint density at radius 2 is 1.92 bits per heavy atom. The van der Waals surface area contributed by atoms with E-state index in [9.17, 15) is 4.79 Å². The lowest BCUT2D eigenvalue weighted by Crippen LogP contribution is -2.11. The molecule has 4 aromatic rings. The van der Waals surface area contributed by atoms with Crippen molar-refractivity contribution in [1.29, 1.82) is 0 Å². The molecule has 0 aliphatic heterocycles. The molecular formula is C18H15N5OS. The number of hydrogen-bond donors (Lipinski definition) is 2. The lowest BCUT2D eigenvalue weighted by Gasteiger charge is -2.04. The summed E-state index contributed by atoms with van der Waals surface area (Å²) in [5.74, 6) is -0.216. The number of aromatic amines is 1. The van der Waals surface area contributed by atoms with Gasteiger partial charge < -0.3 is 0 Å². The molecule has 0 saturated carbocycles. The first-order valence-corrected chi connectivity index (χ1v) is 8.63. The largest absolute Gasteiger partial charge is 0.298 e. The van der Waals surface area contributed by atoms with Crippen molar-refractivity contribution in [2.75, 3.05) is 5.32 Å². The van der Waals surface area contributed by atoms with Crippen molar-refractivity contribution in [2.45, 2.75) is 13.8 Å². The number of benzene rings is 2. The summed E-state index contributed by atoms with van der Waals surface area (Å²) in [5.41, 5.74) is 6.19. The maximum atomic E-state index is 12.4. The average molecular weight is 349 g/mol. The van der Waals surface area contributed by atoms with Crippen LogP contribution in [-0.2, 0) is 0 Å². The van der Waals surface area contributed by atoms with Crippen LogP contribution in [0.3, 0.4) is 0 Å². The number of nitrogens with zero attached hydrogens (tertiary/aromatic N) is 3. The molecule has 4 rings (SSSR count). The number of aromatic nitrogens is 4. The van der Waals surface area contributed by atoms with Crippen LogP contribution in [0.5, 0.6) is 0 Å². The molecular weight excluding hydrogens is 334 g/mol. The van der Waals surface area contributed by atoms with Gasteiger partial charge in [0.15, 0.2) is 5.13 Å². The van der Waals surface area contributed by atoms with Crippen LogP contribution in [0.1, 0.15) is 21.5 Å². The van der Waals surface area contributed by atoms with Gasteiger partial charge in [0, 0.05) is 16.5 Å². The number of amides is 1. The molecule has 25 heavy (non-hydrogen) atoms. The third-order valence-electron chi connectivity index (χ3n) is 3.97.